The van der Waals surface area contributed by atoms with E-state index >= 15 is 0 Å². The van der Waals surface area contributed by atoms with E-state index in [0.717, 1.165) is 19.6 Å². The van der Waals surface area contributed by atoms with Crippen molar-refractivity contribution in [3.8, 4) is 0 Å². The summed E-state index contributed by atoms with van der Waals surface area (Å²) in [6, 6.07) is 0.455. The number of hydrogen-bond donors (Lipinski definition) is 0. The van der Waals surface area contributed by atoms with Gasteiger partial charge in [-0.15, -0.1) is 0 Å². The van der Waals surface area contributed by atoms with Gasteiger partial charge in [-0.25, -0.2) is 0 Å². The second-order valence-corrected chi connectivity index (χ2v) is 6.15. The van der Waals surface area contributed by atoms with Crippen LogP contribution in [0.15, 0.2) is 0 Å². The summed E-state index contributed by atoms with van der Waals surface area (Å²) in [5, 5.41) is 0. The molecule has 0 radical (unpaired) electrons. The normalized spacial score (nSPS) is 23.9. The molecular formula is C13H26N2O. The van der Waals surface area contributed by atoms with Gasteiger partial charge in [-0.3, -0.25) is 9.69 Å². The standard InChI is InChI=1S/C13H26N2O/c1-10(2)12(16)14-7-8-15(11(3)9-14)13(4,5)6/h10-11H,7-9H2,1-6H3/t11-/m0/s1. The summed E-state index contributed by atoms with van der Waals surface area (Å²) in [5.41, 5.74) is 0.201. The van der Waals surface area contributed by atoms with Crippen LogP contribution < -0.4 is 0 Å². The fraction of sp³-hybridized carbons (Fsp3) is 0.923. The minimum absolute atomic E-state index is 0.119. The van der Waals surface area contributed by atoms with E-state index < -0.39 is 0 Å². The molecule has 3 nitrogen and oxygen atoms in total. The van der Waals surface area contributed by atoms with Crippen molar-refractivity contribution >= 4 is 5.91 Å². The largest absolute Gasteiger partial charge is 0.340 e. The Bertz CT molecular complexity index is 255. The first-order valence-corrected chi connectivity index (χ1v) is 6.29. The summed E-state index contributed by atoms with van der Waals surface area (Å²) in [5.74, 6) is 0.411. The molecule has 0 aromatic rings. The Morgan fingerprint density at radius 2 is 1.81 bits per heavy atom. The Morgan fingerprint density at radius 3 is 2.19 bits per heavy atom. The molecule has 0 aliphatic carbocycles. The Hall–Kier alpha value is -0.570. The highest BCUT2D eigenvalue weighted by atomic mass is 16.2. The molecule has 1 aliphatic rings. The first kappa shape index (κ1) is 13.5. The van der Waals surface area contributed by atoms with E-state index in [1.807, 2.05) is 18.7 Å². The molecule has 0 saturated carbocycles. The topological polar surface area (TPSA) is 23.6 Å². The van der Waals surface area contributed by atoms with Crippen LogP contribution in [0.4, 0.5) is 0 Å². The van der Waals surface area contributed by atoms with E-state index in [1.54, 1.807) is 0 Å². The van der Waals surface area contributed by atoms with Gasteiger partial charge in [-0.1, -0.05) is 13.8 Å². The molecule has 3 heteroatoms. The van der Waals surface area contributed by atoms with Crippen molar-refractivity contribution in [1.82, 2.24) is 9.80 Å². The van der Waals surface area contributed by atoms with Crippen LogP contribution in [0, 0.1) is 5.92 Å². The molecule has 0 N–H and O–H groups in total. The molecule has 94 valence electrons. The molecule has 1 fully saturated rings. The number of rotatable bonds is 1. The highest BCUT2D eigenvalue weighted by Gasteiger charge is 2.33. The van der Waals surface area contributed by atoms with Crippen molar-refractivity contribution in [1.29, 1.82) is 0 Å². The second-order valence-electron chi connectivity index (χ2n) is 6.15. The number of piperazine rings is 1. The molecule has 1 heterocycles. The van der Waals surface area contributed by atoms with Crippen LogP contribution >= 0.6 is 0 Å². The minimum atomic E-state index is 0.119. The fourth-order valence-electron chi connectivity index (χ4n) is 2.52. The van der Waals surface area contributed by atoms with Gasteiger partial charge in [-0.2, -0.15) is 0 Å². The molecule has 1 rings (SSSR count). The van der Waals surface area contributed by atoms with Gasteiger partial charge >= 0.3 is 0 Å². The lowest BCUT2D eigenvalue weighted by molar-refractivity contribution is -0.138. The van der Waals surface area contributed by atoms with E-state index in [4.69, 9.17) is 0 Å². The SMILES string of the molecule is CC(C)C(=O)N1CCN(C(C)(C)C)[C@@H](C)C1. The van der Waals surface area contributed by atoms with E-state index in [9.17, 15) is 4.79 Å². The number of nitrogens with zero attached hydrogens (tertiary/aromatic N) is 2. The Labute approximate surface area is 99.8 Å². The lowest BCUT2D eigenvalue weighted by atomic mass is 10.0. The maximum absolute atomic E-state index is 11.9. The van der Waals surface area contributed by atoms with Crippen molar-refractivity contribution in [2.24, 2.45) is 5.92 Å². The van der Waals surface area contributed by atoms with Gasteiger partial charge in [0.1, 0.15) is 0 Å². The highest BCUT2D eigenvalue weighted by molar-refractivity contribution is 5.78. The zero-order valence-corrected chi connectivity index (χ0v) is 11.6. The third-order valence-corrected chi connectivity index (χ3v) is 3.29. The van der Waals surface area contributed by atoms with E-state index in [-0.39, 0.29) is 11.5 Å². The van der Waals surface area contributed by atoms with Crippen LogP contribution in [0.25, 0.3) is 0 Å². The Kier molecular flexibility index (Phi) is 4.00. The summed E-state index contributed by atoms with van der Waals surface area (Å²) in [6.45, 7) is 15.6. The molecule has 0 unspecified atom stereocenters. The highest BCUT2D eigenvalue weighted by Crippen LogP contribution is 2.21. The fourth-order valence-corrected chi connectivity index (χ4v) is 2.52. The van der Waals surface area contributed by atoms with Crippen molar-refractivity contribution < 1.29 is 4.79 Å². The molecule has 0 bridgehead atoms. The van der Waals surface area contributed by atoms with Crippen LogP contribution in [-0.2, 0) is 4.79 Å². The van der Waals surface area contributed by atoms with E-state index in [2.05, 4.69) is 32.6 Å². The first-order valence-electron chi connectivity index (χ1n) is 6.29. The zero-order chi connectivity index (χ0) is 12.5. The maximum atomic E-state index is 11.9. The van der Waals surface area contributed by atoms with Gasteiger partial charge in [0.05, 0.1) is 0 Å². The van der Waals surface area contributed by atoms with Crippen LogP contribution in [0.1, 0.15) is 41.5 Å². The molecule has 0 aromatic heterocycles. The van der Waals surface area contributed by atoms with Gasteiger partial charge in [-0.05, 0) is 27.7 Å². The van der Waals surface area contributed by atoms with Crippen molar-refractivity contribution in [2.75, 3.05) is 19.6 Å². The third kappa shape index (κ3) is 2.97. The molecular weight excluding hydrogens is 200 g/mol. The van der Waals surface area contributed by atoms with Crippen molar-refractivity contribution in [3.63, 3.8) is 0 Å². The molecule has 1 aliphatic heterocycles. The lowest BCUT2D eigenvalue weighted by Crippen LogP contribution is -2.59. The van der Waals surface area contributed by atoms with E-state index in [0.29, 0.717) is 11.9 Å². The van der Waals surface area contributed by atoms with Crippen LogP contribution in [0.2, 0.25) is 0 Å². The number of hydrogen-bond acceptors (Lipinski definition) is 2. The average Bonchev–Trinajstić information content (AvgIpc) is 2.14. The van der Waals surface area contributed by atoms with Gasteiger partial charge in [0, 0.05) is 37.1 Å². The third-order valence-electron chi connectivity index (χ3n) is 3.29. The summed E-state index contributed by atoms with van der Waals surface area (Å²) >= 11 is 0. The van der Waals surface area contributed by atoms with Gasteiger partial charge in [0.2, 0.25) is 5.91 Å². The number of carbonyl (C=O) groups is 1. The van der Waals surface area contributed by atoms with Gasteiger partial charge in [0.25, 0.3) is 0 Å². The molecule has 1 saturated heterocycles. The van der Waals surface area contributed by atoms with Gasteiger partial charge in [0.15, 0.2) is 0 Å². The lowest BCUT2D eigenvalue weighted by Gasteiger charge is -2.47. The summed E-state index contributed by atoms with van der Waals surface area (Å²) < 4.78 is 0. The molecule has 1 amide bonds. The predicted molar refractivity (Wildman–Crippen MR) is 67.3 cm³/mol. The van der Waals surface area contributed by atoms with E-state index in [1.165, 1.54) is 0 Å². The average molecular weight is 226 g/mol. The number of carbonyl (C=O) groups excluding carboxylic acids is 1. The van der Waals surface area contributed by atoms with Crippen LogP contribution in [0.5, 0.6) is 0 Å². The summed E-state index contributed by atoms with van der Waals surface area (Å²) in [4.78, 5) is 16.4. The van der Waals surface area contributed by atoms with Crippen LogP contribution in [0.3, 0.4) is 0 Å². The Balaban J connectivity index is 2.62. The van der Waals surface area contributed by atoms with Crippen LogP contribution in [-0.4, -0.2) is 46.9 Å². The molecule has 16 heavy (non-hydrogen) atoms. The van der Waals surface area contributed by atoms with Crippen molar-refractivity contribution in [3.05, 3.63) is 0 Å². The number of amides is 1. The molecule has 0 spiro atoms. The van der Waals surface area contributed by atoms with Crippen molar-refractivity contribution in [2.45, 2.75) is 53.1 Å². The minimum Gasteiger partial charge on any atom is -0.340 e. The monoisotopic (exact) mass is 226 g/mol. The smallest absolute Gasteiger partial charge is 0.225 e. The second kappa shape index (κ2) is 4.74. The zero-order valence-electron chi connectivity index (χ0n) is 11.6. The predicted octanol–water partition coefficient (Wildman–Crippen LogP) is 1.97. The van der Waals surface area contributed by atoms with Gasteiger partial charge < -0.3 is 4.90 Å². The first-order chi connectivity index (χ1) is 7.23. The maximum Gasteiger partial charge on any atom is 0.225 e. The quantitative estimate of drug-likeness (QED) is 0.682. The molecule has 1 atom stereocenters. The summed E-state index contributed by atoms with van der Waals surface area (Å²) in [6.07, 6.45) is 0. The Morgan fingerprint density at radius 1 is 1.25 bits per heavy atom. The summed E-state index contributed by atoms with van der Waals surface area (Å²) in [7, 11) is 0. The molecule has 0 aromatic carbocycles.